The van der Waals surface area contributed by atoms with Crippen LogP contribution in [0.3, 0.4) is 0 Å². The molecule has 1 heterocycles. The summed E-state index contributed by atoms with van der Waals surface area (Å²) in [7, 11) is 0. The number of aromatic nitrogens is 2. The number of hydrogen-bond acceptors (Lipinski definition) is 4. The zero-order chi connectivity index (χ0) is 13.8. The second kappa shape index (κ2) is 6.06. The fraction of sp³-hybridized carbons (Fsp3) is 0.692. The number of nitrogen functional groups attached to an aromatic ring is 1. The Morgan fingerprint density at radius 3 is 3.00 bits per heavy atom. The number of aliphatic hydroxyl groups is 1. The summed E-state index contributed by atoms with van der Waals surface area (Å²) < 4.78 is 0. The van der Waals surface area contributed by atoms with E-state index in [2.05, 4.69) is 15.5 Å². The van der Waals surface area contributed by atoms with Crippen molar-refractivity contribution in [3.63, 3.8) is 0 Å². The first-order valence-electron chi connectivity index (χ1n) is 6.90. The Balaban J connectivity index is 1.89. The van der Waals surface area contributed by atoms with Crippen LogP contribution in [0.25, 0.3) is 0 Å². The number of nitrogens with two attached hydrogens (primary N) is 1. The highest BCUT2D eigenvalue weighted by Gasteiger charge is 2.24. The fourth-order valence-electron chi connectivity index (χ4n) is 2.56. The lowest BCUT2D eigenvalue weighted by atomic mass is 10.1. The molecule has 1 saturated carbocycles. The van der Waals surface area contributed by atoms with Crippen molar-refractivity contribution >= 4 is 11.6 Å². The van der Waals surface area contributed by atoms with E-state index in [9.17, 15) is 9.90 Å². The number of amides is 1. The monoisotopic (exact) mass is 266 g/mol. The second-order valence-corrected chi connectivity index (χ2v) is 5.26. The second-order valence-electron chi connectivity index (χ2n) is 5.26. The van der Waals surface area contributed by atoms with E-state index in [0.717, 1.165) is 37.8 Å². The number of H-pyrrole nitrogens is 1. The smallest absolute Gasteiger partial charge is 0.273 e. The summed E-state index contributed by atoms with van der Waals surface area (Å²) in [5.41, 5.74) is 7.45. The first-order valence-corrected chi connectivity index (χ1v) is 6.90. The average Bonchev–Trinajstić information content (AvgIpc) is 2.95. The molecule has 1 aromatic rings. The summed E-state index contributed by atoms with van der Waals surface area (Å²) in [5, 5.41) is 19.1. The average molecular weight is 266 g/mol. The zero-order valence-corrected chi connectivity index (χ0v) is 11.3. The molecule has 0 spiro atoms. The molecule has 106 valence electrons. The van der Waals surface area contributed by atoms with Gasteiger partial charge in [0.05, 0.1) is 17.5 Å². The highest BCUT2D eigenvalue weighted by atomic mass is 16.3. The fourth-order valence-corrected chi connectivity index (χ4v) is 2.56. The van der Waals surface area contributed by atoms with Crippen LogP contribution in [0.15, 0.2) is 0 Å². The van der Waals surface area contributed by atoms with Crippen molar-refractivity contribution in [3.05, 3.63) is 11.4 Å². The quantitative estimate of drug-likeness (QED) is 0.633. The summed E-state index contributed by atoms with van der Waals surface area (Å²) in [6, 6.07) is 0. The molecule has 0 radical (unpaired) electrons. The third-order valence-electron chi connectivity index (χ3n) is 3.66. The van der Waals surface area contributed by atoms with Gasteiger partial charge in [0.25, 0.3) is 5.91 Å². The van der Waals surface area contributed by atoms with Crippen LogP contribution in [0.5, 0.6) is 0 Å². The number of anilines is 1. The standard InChI is InChI=1S/C13H22N4O2/c1-2-3-10-11(14)12(17-16-10)13(19)15-7-8-4-5-9(18)6-8/h8-9,18H,2-7,14H2,1H3,(H,15,19)(H,16,17). The Morgan fingerprint density at radius 2 is 2.37 bits per heavy atom. The van der Waals surface area contributed by atoms with Crippen LogP contribution in [0.1, 0.15) is 48.8 Å². The Hall–Kier alpha value is -1.56. The van der Waals surface area contributed by atoms with Crippen LogP contribution >= 0.6 is 0 Å². The number of carbonyl (C=O) groups is 1. The van der Waals surface area contributed by atoms with Gasteiger partial charge in [0, 0.05) is 6.54 Å². The summed E-state index contributed by atoms with van der Waals surface area (Å²) >= 11 is 0. The summed E-state index contributed by atoms with van der Waals surface area (Å²) in [4.78, 5) is 12.0. The van der Waals surface area contributed by atoms with Gasteiger partial charge in [0.15, 0.2) is 5.69 Å². The zero-order valence-electron chi connectivity index (χ0n) is 11.3. The van der Waals surface area contributed by atoms with E-state index in [1.54, 1.807) is 0 Å². The van der Waals surface area contributed by atoms with Crippen LogP contribution in [-0.4, -0.2) is 33.9 Å². The maximum absolute atomic E-state index is 12.0. The van der Waals surface area contributed by atoms with Crippen molar-refractivity contribution in [2.75, 3.05) is 12.3 Å². The third kappa shape index (κ3) is 3.26. The minimum atomic E-state index is -0.238. The SMILES string of the molecule is CCCc1[nH]nc(C(=O)NCC2CCC(O)C2)c1N. The van der Waals surface area contributed by atoms with E-state index in [0.29, 0.717) is 18.2 Å². The van der Waals surface area contributed by atoms with Crippen molar-refractivity contribution < 1.29 is 9.90 Å². The summed E-state index contributed by atoms with van der Waals surface area (Å²) in [6.07, 6.45) is 4.07. The number of aromatic amines is 1. The first-order chi connectivity index (χ1) is 9.11. The molecular formula is C13H22N4O2. The minimum Gasteiger partial charge on any atom is -0.395 e. The van der Waals surface area contributed by atoms with Gasteiger partial charge in [-0.3, -0.25) is 9.89 Å². The molecule has 0 bridgehead atoms. The number of nitrogens with one attached hydrogen (secondary N) is 2. The molecule has 5 N–H and O–H groups in total. The minimum absolute atomic E-state index is 0.214. The lowest BCUT2D eigenvalue weighted by Crippen LogP contribution is -2.29. The largest absolute Gasteiger partial charge is 0.395 e. The van der Waals surface area contributed by atoms with Gasteiger partial charge < -0.3 is 16.2 Å². The molecule has 1 aromatic heterocycles. The third-order valence-corrected chi connectivity index (χ3v) is 3.66. The van der Waals surface area contributed by atoms with E-state index < -0.39 is 0 Å². The molecule has 1 fully saturated rings. The molecule has 1 aliphatic rings. The van der Waals surface area contributed by atoms with Crippen LogP contribution in [0.4, 0.5) is 5.69 Å². The van der Waals surface area contributed by atoms with Crippen LogP contribution in [0, 0.1) is 5.92 Å². The number of aryl methyl sites for hydroxylation is 1. The van der Waals surface area contributed by atoms with Gasteiger partial charge in [-0.15, -0.1) is 0 Å². The molecular weight excluding hydrogens is 244 g/mol. The number of carbonyl (C=O) groups excluding carboxylic acids is 1. The number of rotatable bonds is 5. The summed E-state index contributed by atoms with van der Waals surface area (Å²) in [5.74, 6) is 0.117. The Bertz CT molecular complexity index is 444. The lowest BCUT2D eigenvalue weighted by Gasteiger charge is -2.10. The Morgan fingerprint density at radius 1 is 1.58 bits per heavy atom. The molecule has 2 atom stereocenters. The van der Waals surface area contributed by atoms with Gasteiger partial charge in [0.1, 0.15) is 0 Å². The molecule has 2 rings (SSSR count). The lowest BCUT2D eigenvalue weighted by molar-refractivity contribution is 0.0941. The first kappa shape index (κ1) is 13.9. The topological polar surface area (TPSA) is 104 Å². The highest BCUT2D eigenvalue weighted by Crippen LogP contribution is 2.24. The highest BCUT2D eigenvalue weighted by molar-refractivity contribution is 5.97. The van der Waals surface area contributed by atoms with E-state index in [1.807, 2.05) is 6.92 Å². The van der Waals surface area contributed by atoms with E-state index in [1.165, 1.54) is 0 Å². The maximum atomic E-state index is 12.0. The van der Waals surface area contributed by atoms with Gasteiger partial charge in [-0.1, -0.05) is 13.3 Å². The number of aliphatic hydroxyl groups excluding tert-OH is 1. The van der Waals surface area contributed by atoms with Gasteiger partial charge in [0.2, 0.25) is 0 Å². The van der Waals surface area contributed by atoms with Crippen molar-refractivity contribution in [1.82, 2.24) is 15.5 Å². The van der Waals surface area contributed by atoms with E-state index in [-0.39, 0.29) is 17.7 Å². The Kier molecular flexibility index (Phi) is 4.42. The molecule has 0 saturated heterocycles. The molecule has 1 aliphatic carbocycles. The predicted octanol–water partition coefficient (Wildman–Crippen LogP) is 0.835. The van der Waals surface area contributed by atoms with Crippen LogP contribution in [-0.2, 0) is 6.42 Å². The molecule has 0 aliphatic heterocycles. The van der Waals surface area contributed by atoms with Gasteiger partial charge in [-0.2, -0.15) is 5.10 Å². The van der Waals surface area contributed by atoms with E-state index in [4.69, 9.17) is 5.73 Å². The van der Waals surface area contributed by atoms with Gasteiger partial charge in [-0.05, 0) is 31.6 Å². The molecule has 0 aromatic carbocycles. The maximum Gasteiger partial charge on any atom is 0.273 e. The molecule has 6 nitrogen and oxygen atoms in total. The Labute approximate surface area is 112 Å². The van der Waals surface area contributed by atoms with E-state index >= 15 is 0 Å². The molecule has 6 heteroatoms. The number of hydrogen-bond donors (Lipinski definition) is 4. The van der Waals surface area contributed by atoms with Crippen molar-refractivity contribution in [2.45, 2.75) is 45.1 Å². The summed E-state index contributed by atoms with van der Waals surface area (Å²) in [6.45, 7) is 2.62. The van der Waals surface area contributed by atoms with Crippen molar-refractivity contribution in [3.8, 4) is 0 Å². The van der Waals surface area contributed by atoms with Crippen molar-refractivity contribution in [1.29, 1.82) is 0 Å². The predicted molar refractivity (Wildman–Crippen MR) is 72.7 cm³/mol. The molecule has 1 amide bonds. The van der Waals surface area contributed by atoms with Crippen LogP contribution in [0.2, 0.25) is 0 Å². The molecule has 2 unspecified atom stereocenters. The number of nitrogens with zero attached hydrogens (tertiary/aromatic N) is 1. The molecule has 19 heavy (non-hydrogen) atoms. The van der Waals surface area contributed by atoms with Gasteiger partial charge in [-0.25, -0.2) is 0 Å². The van der Waals surface area contributed by atoms with Crippen molar-refractivity contribution in [2.24, 2.45) is 5.92 Å². The normalized spacial score (nSPS) is 22.6. The van der Waals surface area contributed by atoms with Gasteiger partial charge >= 0.3 is 0 Å². The van der Waals surface area contributed by atoms with Crippen LogP contribution < -0.4 is 11.1 Å².